The molecule has 0 spiro atoms. The van der Waals surface area contributed by atoms with Crippen molar-refractivity contribution in [3.8, 4) is 11.5 Å². The van der Waals surface area contributed by atoms with Gasteiger partial charge in [0.2, 0.25) is 24.6 Å². The first-order valence-electron chi connectivity index (χ1n) is 8.38. The summed E-state index contributed by atoms with van der Waals surface area (Å²) in [5.41, 5.74) is 0.967. The number of hydrogen-bond acceptors (Lipinski definition) is 8. The summed E-state index contributed by atoms with van der Waals surface area (Å²) in [6, 6.07) is 5.75. The summed E-state index contributed by atoms with van der Waals surface area (Å²) < 4.78 is 16.2. The van der Waals surface area contributed by atoms with E-state index in [0.29, 0.717) is 36.6 Å². The molecular weight excluding hydrogens is 358 g/mol. The van der Waals surface area contributed by atoms with Gasteiger partial charge in [0, 0.05) is 13.1 Å². The fourth-order valence-corrected chi connectivity index (χ4v) is 4.37. The van der Waals surface area contributed by atoms with Gasteiger partial charge in [0.05, 0.1) is 19.0 Å². The Morgan fingerprint density at radius 2 is 2.04 bits per heavy atom. The molecule has 3 aliphatic heterocycles. The van der Waals surface area contributed by atoms with Gasteiger partial charge in [0.25, 0.3) is 0 Å². The van der Waals surface area contributed by atoms with Crippen molar-refractivity contribution in [3.05, 3.63) is 23.8 Å². The van der Waals surface area contributed by atoms with E-state index in [0.717, 1.165) is 24.4 Å². The van der Waals surface area contributed by atoms with Crippen LogP contribution in [0.15, 0.2) is 18.2 Å². The number of aromatic nitrogens is 3. The summed E-state index contributed by atoms with van der Waals surface area (Å²) in [6.45, 7) is 3.02. The standard InChI is InChI=1S/C16H17N5O4S/c22-13-8-26-14(10-1-2-11-12(7-10)25-9-24-11)21(13)16-17-15(18-19-16)20-3-5-23-6-4-20/h1-2,7,14H,3-6,8-9H2,(H,17,18,19)/t14-/m1/s1. The lowest BCUT2D eigenvalue weighted by Gasteiger charge is -2.25. The van der Waals surface area contributed by atoms with Gasteiger partial charge in [-0.3, -0.25) is 9.69 Å². The van der Waals surface area contributed by atoms with Crippen molar-refractivity contribution in [1.82, 2.24) is 15.2 Å². The quantitative estimate of drug-likeness (QED) is 0.854. The first-order valence-corrected chi connectivity index (χ1v) is 9.43. The molecule has 0 aliphatic carbocycles. The maximum atomic E-state index is 12.5. The Kier molecular flexibility index (Phi) is 3.86. The number of ether oxygens (including phenoxy) is 3. The van der Waals surface area contributed by atoms with Crippen molar-refractivity contribution in [3.63, 3.8) is 0 Å². The zero-order chi connectivity index (χ0) is 17.5. The summed E-state index contributed by atoms with van der Waals surface area (Å²) in [5, 5.41) is 7.03. The van der Waals surface area contributed by atoms with Crippen molar-refractivity contribution in [2.75, 3.05) is 48.6 Å². The van der Waals surface area contributed by atoms with E-state index < -0.39 is 0 Å². The fourth-order valence-electron chi connectivity index (χ4n) is 3.22. The van der Waals surface area contributed by atoms with Gasteiger partial charge in [-0.05, 0) is 17.7 Å². The minimum absolute atomic E-state index is 0.00217. The largest absolute Gasteiger partial charge is 0.454 e. The predicted octanol–water partition coefficient (Wildman–Crippen LogP) is 1.15. The molecule has 9 nitrogen and oxygen atoms in total. The van der Waals surface area contributed by atoms with E-state index >= 15 is 0 Å². The van der Waals surface area contributed by atoms with Gasteiger partial charge in [-0.25, -0.2) is 5.10 Å². The normalized spacial score (nSPS) is 22.3. The van der Waals surface area contributed by atoms with Gasteiger partial charge in [0.1, 0.15) is 5.37 Å². The molecule has 1 amide bonds. The van der Waals surface area contributed by atoms with E-state index in [4.69, 9.17) is 14.2 Å². The van der Waals surface area contributed by atoms with Crippen molar-refractivity contribution < 1.29 is 19.0 Å². The highest BCUT2D eigenvalue weighted by molar-refractivity contribution is 8.00. The Morgan fingerprint density at radius 1 is 1.19 bits per heavy atom. The molecule has 1 aromatic heterocycles. The molecule has 26 heavy (non-hydrogen) atoms. The Hall–Kier alpha value is -2.46. The summed E-state index contributed by atoms with van der Waals surface area (Å²) in [6.07, 6.45) is 0. The molecule has 4 heterocycles. The number of carbonyl (C=O) groups excluding carboxylic acids is 1. The van der Waals surface area contributed by atoms with E-state index in [2.05, 4.69) is 15.2 Å². The zero-order valence-electron chi connectivity index (χ0n) is 13.9. The molecule has 0 radical (unpaired) electrons. The monoisotopic (exact) mass is 375 g/mol. The number of H-pyrrole nitrogens is 1. The van der Waals surface area contributed by atoms with Crippen LogP contribution < -0.4 is 19.3 Å². The van der Waals surface area contributed by atoms with Crippen LogP contribution >= 0.6 is 11.8 Å². The van der Waals surface area contributed by atoms with E-state index in [-0.39, 0.29) is 18.1 Å². The van der Waals surface area contributed by atoms with Crippen LogP contribution in [0.25, 0.3) is 0 Å². The second-order valence-corrected chi connectivity index (χ2v) is 7.17. The summed E-state index contributed by atoms with van der Waals surface area (Å²) in [4.78, 5) is 20.8. The minimum atomic E-state index is -0.178. The lowest BCUT2D eigenvalue weighted by Crippen LogP contribution is -2.37. The van der Waals surface area contributed by atoms with Gasteiger partial charge >= 0.3 is 0 Å². The maximum Gasteiger partial charge on any atom is 0.246 e. The van der Waals surface area contributed by atoms with Gasteiger partial charge < -0.3 is 19.1 Å². The Balaban J connectivity index is 1.43. The number of fused-ring (bicyclic) bond motifs is 1. The third-order valence-electron chi connectivity index (χ3n) is 4.53. The van der Waals surface area contributed by atoms with Crippen LogP contribution in [0, 0.1) is 0 Å². The number of carbonyl (C=O) groups is 1. The van der Waals surface area contributed by atoms with Gasteiger partial charge in [-0.15, -0.1) is 16.9 Å². The molecule has 0 saturated carbocycles. The number of nitrogens with one attached hydrogen (secondary N) is 1. The predicted molar refractivity (Wildman–Crippen MR) is 94.7 cm³/mol. The topological polar surface area (TPSA) is 92.8 Å². The summed E-state index contributed by atoms with van der Waals surface area (Å²) in [7, 11) is 0. The van der Waals surface area contributed by atoms with E-state index in [1.165, 1.54) is 0 Å². The molecule has 1 atom stereocenters. The molecule has 3 aliphatic rings. The molecule has 2 fully saturated rings. The zero-order valence-corrected chi connectivity index (χ0v) is 14.7. The molecule has 0 unspecified atom stereocenters. The van der Waals surface area contributed by atoms with Crippen LogP contribution in [-0.4, -0.2) is 59.9 Å². The minimum Gasteiger partial charge on any atom is -0.454 e. The molecule has 2 aromatic rings. The number of morpholine rings is 1. The first-order chi connectivity index (χ1) is 12.8. The molecule has 5 rings (SSSR count). The lowest BCUT2D eigenvalue weighted by atomic mass is 10.2. The Bertz CT molecular complexity index is 838. The molecule has 0 bridgehead atoms. The number of benzene rings is 1. The van der Waals surface area contributed by atoms with Crippen molar-refractivity contribution in [2.24, 2.45) is 0 Å². The summed E-state index contributed by atoms with van der Waals surface area (Å²) >= 11 is 1.56. The average Bonchev–Trinajstić information content (AvgIpc) is 3.40. The van der Waals surface area contributed by atoms with Crippen LogP contribution in [0.2, 0.25) is 0 Å². The highest BCUT2D eigenvalue weighted by atomic mass is 32.2. The SMILES string of the molecule is O=C1CS[C@H](c2ccc3c(c2)OCO3)N1c1nc(N2CCOCC2)n[nH]1. The molecule has 2 saturated heterocycles. The molecule has 10 heteroatoms. The van der Waals surface area contributed by atoms with E-state index in [1.54, 1.807) is 16.7 Å². The van der Waals surface area contributed by atoms with Crippen molar-refractivity contribution >= 4 is 29.6 Å². The van der Waals surface area contributed by atoms with Crippen LogP contribution in [0.1, 0.15) is 10.9 Å². The average molecular weight is 375 g/mol. The number of hydrogen-bond donors (Lipinski definition) is 1. The van der Waals surface area contributed by atoms with E-state index in [1.807, 2.05) is 23.1 Å². The van der Waals surface area contributed by atoms with Gasteiger partial charge in [0.15, 0.2) is 11.5 Å². The second-order valence-electron chi connectivity index (χ2n) is 6.10. The van der Waals surface area contributed by atoms with Gasteiger partial charge in [-0.2, -0.15) is 4.98 Å². The third-order valence-corrected chi connectivity index (χ3v) is 5.75. The molecular formula is C16H17N5O4S. The highest BCUT2D eigenvalue weighted by Crippen LogP contribution is 2.44. The van der Waals surface area contributed by atoms with Crippen molar-refractivity contribution in [1.29, 1.82) is 0 Å². The molecule has 1 aromatic carbocycles. The maximum absolute atomic E-state index is 12.5. The Morgan fingerprint density at radius 3 is 2.92 bits per heavy atom. The number of anilines is 2. The number of rotatable bonds is 3. The molecule has 1 N–H and O–H groups in total. The smallest absolute Gasteiger partial charge is 0.246 e. The number of amides is 1. The van der Waals surface area contributed by atoms with Crippen LogP contribution in [0.5, 0.6) is 11.5 Å². The molecule has 136 valence electrons. The number of nitrogens with zero attached hydrogens (tertiary/aromatic N) is 4. The second kappa shape index (κ2) is 6.36. The highest BCUT2D eigenvalue weighted by Gasteiger charge is 2.37. The van der Waals surface area contributed by atoms with Crippen LogP contribution in [0.4, 0.5) is 11.9 Å². The van der Waals surface area contributed by atoms with Gasteiger partial charge in [-0.1, -0.05) is 6.07 Å². The first kappa shape index (κ1) is 15.8. The van der Waals surface area contributed by atoms with Crippen LogP contribution in [0.3, 0.4) is 0 Å². The Labute approximate surface area is 153 Å². The summed E-state index contributed by atoms with van der Waals surface area (Å²) in [5.74, 6) is 2.88. The number of thioether (sulfide) groups is 1. The fraction of sp³-hybridized carbons (Fsp3) is 0.438. The lowest BCUT2D eigenvalue weighted by molar-refractivity contribution is -0.115. The third kappa shape index (κ3) is 2.65. The van der Waals surface area contributed by atoms with Crippen LogP contribution in [-0.2, 0) is 9.53 Å². The van der Waals surface area contributed by atoms with Crippen molar-refractivity contribution in [2.45, 2.75) is 5.37 Å². The van der Waals surface area contributed by atoms with E-state index in [9.17, 15) is 4.79 Å². The number of aromatic amines is 1.